The number of hydrogen-bond donors (Lipinski definition) is 0. The lowest BCUT2D eigenvalue weighted by molar-refractivity contribution is -0.139. The van der Waals surface area contributed by atoms with Crippen molar-refractivity contribution in [3.8, 4) is 6.07 Å². The van der Waals surface area contributed by atoms with Gasteiger partial charge in [-0.25, -0.2) is 0 Å². The third kappa shape index (κ3) is 4.76. The molecular formula is C11H7BrF3NO2S. The van der Waals surface area contributed by atoms with Crippen molar-refractivity contribution in [3.63, 3.8) is 0 Å². The second-order valence-corrected chi connectivity index (χ2v) is 5.31. The first-order valence-corrected chi connectivity index (χ1v) is 6.43. The standard InChI is InChI=1S/C11H7BrF3NO2S/c1-18-10(17)3-6-2-7(5-16)9(4-8(6)12)19-11(13,14)15/h2,4H,3H2,1H3. The van der Waals surface area contributed by atoms with E-state index < -0.39 is 11.5 Å². The predicted molar refractivity (Wildman–Crippen MR) is 66.5 cm³/mol. The third-order valence-corrected chi connectivity index (χ3v) is 3.58. The minimum atomic E-state index is -4.48. The number of alkyl halides is 3. The van der Waals surface area contributed by atoms with E-state index in [2.05, 4.69) is 20.7 Å². The molecule has 19 heavy (non-hydrogen) atoms. The van der Waals surface area contributed by atoms with Crippen molar-refractivity contribution >= 4 is 33.7 Å². The zero-order chi connectivity index (χ0) is 14.6. The van der Waals surface area contributed by atoms with Gasteiger partial charge < -0.3 is 4.74 Å². The molecule has 0 saturated heterocycles. The molecule has 3 nitrogen and oxygen atoms in total. The maximum atomic E-state index is 12.3. The number of carbonyl (C=O) groups is 1. The van der Waals surface area contributed by atoms with Crippen LogP contribution in [0.25, 0.3) is 0 Å². The fourth-order valence-corrected chi connectivity index (χ4v) is 2.54. The van der Waals surface area contributed by atoms with Crippen molar-refractivity contribution < 1.29 is 22.7 Å². The maximum Gasteiger partial charge on any atom is 0.446 e. The largest absolute Gasteiger partial charge is 0.469 e. The average molecular weight is 354 g/mol. The van der Waals surface area contributed by atoms with E-state index in [4.69, 9.17) is 5.26 Å². The topological polar surface area (TPSA) is 50.1 Å². The summed E-state index contributed by atoms with van der Waals surface area (Å²) in [6.07, 6.45) is -0.122. The van der Waals surface area contributed by atoms with Crippen LogP contribution in [-0.4, -0.2) is 18.6 Å². The van der Waals surface area contributed by atoms with Gasteiger partial charge in [-0.3, -0.25) is 4.79 Å². The summed E-state index contributed by atoms with van der Waals surface area (Å²) in [7, 11) is 1.20. The molecule has 1 aromatic carbocycles. The van der Waals surface area contributed by atoms with Crippen LogP contribution in [0.2, 0.25) is 0 Å². The minimum absolute atomic E-state index is 0.122. The fourth-order valence-electron chi connectivity index (χ4n) is 1.26. The lowest BCUT2D eigenvalue weighted by atomic mass is 10.1. The number of nitriles is 1. The SMILES string of the molecule is COC(=O)Cc1cc(C#N)c(SC(F)(F)F)cc1Br. The highest BCUT2D eigenvalue weighted by Crippen LogP contribution is 2.40. The molecule has 1 rings (SSSR count). The highest BCUT2D eigenvalue weighted by Gasteiger charge is 2.31. The first-order chi connectivity index (χ1) is 8.76. The Morgan fingerprint density at radius 1 is 1.53 bits per heavy atom. The highest BCUT2D eigenvalue weighted by molar-refractivity contribution is 9.10. The Balaban J connectivity index is 3.15. The molecule has 8 heteroatoms. The lowest BCUT2D eigenvalue weighted by Crippen LogP contribution is -2.06. The minimum Gasteiger partial charge on any atom is -0.469 e. The second-order valence-electron chi connectivity index (χ2n) is 3.35. The molecule has 0 heterocycles. The molecule has 102 valence electrons. The molecule has 0 N–H and O–H groups in total. The lowest BCUT2D eigenvalue weighted by Gasteiger charge is -2.10. The van der Waals surface area contributed by atoms with Crippen molar-refractivity contribution in [3.05, 3.63) is 27.7 Å². The summed E-state index contributed by atoms with van der Waals surface area (Å²) in [5.41, 5.74) is -4.21. The summed E-state index contributed by atoms with van der Waals surface area (Å²) >= 11 is 2.71. The maximum absolute atomic E-state index is 12.3. The van der Waals surface area contributed by atoms with Crippen LogP contribution >= 0.6 is 27.7 Å². The van der Waals surface area contributed by atoms with Crippen molar-refractivity contribution in [1.82, 2.24) is 0 Å². The zero-order valence-corrected chi connectivity index (χ0v) is 11.9. The molecule has 0 aromatic heterocycles. The number of halogens is 4. The van der Waals surface area contributed by atoms with E-state index in [9.17, 15) is 18.0 Å². The molecule has 0 radical (unpaired) electrons. The number of methoxy groups -OCH3 is 1. The Labute approximate surface area is 119 Å². The van der Waals surface area contributed by atoms with E-state index in [0.29, 0.717) is 10.0 Å². The molecule has 0 spiro atoms. The molecule has 0 fully saturated rings. The van der Waals surface area contributed by atoms with Gasteiger partial charge in [0.1, 0.15) is 6.07 Å². The Morgan fingerprint density at radius 2 is 2.16 bits per heavy atom. The highest BCUT2D eigenvalue weighted by atomic mass is 79.9. The molecule has 0 unspecified atom stereocenters. The van der Waals surface area contributed by atoms with E-state index in [1.165, 1.54) is 19.2 Å². The van der Waals surface area contributed by atoms with Crippen LogP contribution in [0, 0.1) is 11.3 Å². The molecule has 0 amide bonds. The smallest absolute Gasteiger partial charge is 0.446 e. The Hall–Kier alpha value is -1.20. The van der Waals surface area contributed by atoms with Crippen LogP contribution in [-0.2, 0) is 16.0 Å². The van der Waals surface area contributed by atoms with Gasteiger partial charge in [-0.2, -0.15) is 18.4 Å². The van der Waals surface area contributed by atoms with Crippen LogP contribution in [0.3, 0.4) is 0 Å². The van der Waals surface area contributed by atoms with Crippen LogP contribution in [0.1, 0.15) is 11.1 Å². The van der Waals surface area contributed by atoms with Crippen LogP contribution in [0.4, 0.5) is 13.2 Å². The number of ether oxygens (including phenoxy) is 1. The summed E-state index contributed by atoms with van der Waals surface area (Å²) in [6, 6.07) is 4.10. The van der Waals surface area contributed by atoms with Gasteiger partial charge in [0.25, 0.3) is 0 Å². The predicted octanol–water partition coefficient (Wildman–Crippen LogP) is 3.65. The van der Waals surface area contributed by atoms with E-state index in [0.717, 1.165) is 0 Å². The summed E-state index contributed by atoms with van der Waals surface area (Å²) in [5, 5.41) is 8.86. The molecule has 0 atom stereocenters. The number of carbonyl (C=O) groups excluding carboxylic acids is 1. The van der Waals surface area contributed by atoms with Gasteiger partial charge in [0, 0.05) is 9.37 Å². The van der Waals surface area contributed by atoms with Gasteiger partial charge >= 0.3 is 11.5 Å². The summed E-state index contributed by atoms with van der Waals surface area (Å²) in [6.45, 7) is 0. The zero-order valence-electron chi connectivity index (χ0n) is 9.55. The van der Waals surface area contributed by atoms with Crippen LogP contribution in [0.5, 0.6) is 0 Å². The first-order valence-electron chi connectivity index (χ1n) is 4.82. The Bertz CT molecular complexity index is 540. The summed E-state index contributed by atoms with van der Waals surface area (Å²) in [5.74, 6) is -0.541. The molecule has 0 aliphatic rings. The van der Waals surface area contributed by atoms with Gasteiger partial charge in [0.15, 0.2) is 0 Å². The average Bonchev–Trinajstić information content (AvgIpc) is 2.30. The van der Waals surface area contributed by atoms with E-state index in [1.807, 2.05) is 0 Å². The van der Waals surface area contributed by atoms with Gasteiger partial charge in [-0.05, 0) is 29.5 Å². The quantitative estimate of drug-likeness (QED) is 0.614. The van der Waals surface area contributed by atoms with E-state index in [-0.39, 0.29) is 28.6 Å². The molecule has 0 aliphatic heterocycles. The second kappa shape index (κ2) is 6.30. The van der Waals surface area contributed by atoms with Gasteiger partial charge in [-0.1, -0.05) is 15.9 Å². The molecule has 0 bridgehead atoms. The molecule has 1 aromatic rings. The molecule has 0 saturated carbocycles. The van der Waals surface area contributed by atoms with E-state index >= 15 is 0 Å². The number of nitrogens with zero attached hydrogens (tertiary/aromatic N) is 1. The normalized spacial score (nSPS) is 10.9. The molecule has 0 aliphatic carbocycles. The third-order valence-electron chi connectivity index (χ3n) is 2.06. The number of rotatable bonds is 3. The van der Waals surface area contributed by atoms with Crippen molar-refractivity contribution in [2.75, 3.05) is 7.11 Å². The first kappa shape index (κ1) is 15.9. The number of benzene rings is 1. The van der Waals surface area contributed by atoms with Crippen LogP contribution in [0.15, 0.2) is 21.5 Å². The van der Waals surface area contributed by atoms with Crippen molar-refractivity contribution in [2.45, 2.75) is 16.8 Å². The number of thioether (sulfide) groups is 1. The van der Waals surface area contributed by atoms with Crippen molar-refractivity contribution in [1.29, 1.82) is 5.26 Å². The molecular weight excluding hydrogens is 347 g/mol. The number of hydrogen-bond acceptors (Lipinski definition) is 4. The van der Waals surface area contributed by atoms with Gasteiger partial charge in [0.2, 0.25) is 0 Å². The summed E-state index contributed by atoms with van der Waals surface area (Å²) in [4.78, 5) is 10.9. The van der Waals surface area contributed by atoms with Gasteiger partial charge in [-0.15, -0.1) is 0 Å². The van der Waals surface area contributed by atoms with Crippen LogP contribution < -0.4 is 0 Å². The fraction of sp³-hybridized carbons (Fsp3) is 0.273. The number of esters is 1. The monoisotopic (exact) mass is 353 g/mol. The summed E-state index contributed by atoms with van der Waals surface area (Å²) < 4.78 is 41.7. The Kier molecular flexibility index (Phi) is 5.26. The van der Waals surface area contributed by atoms with Crippen molar-refractivity contribution in [2.24, 2.45) is 0 Å². The van der Waals surface area contributed by atoms with E-state index in [1.54, 1.807) is 6.07 Å². The Morgan fingerprint density at radius 3 is 2.63 bits per heavy atom. The van der Waals surface area contributed by atoms with Gasteiger partial charge in [0.05, 0.1) is 19.1 Å².